The normalized spacial score (nSPS) is 22.0. The van der Waals surface area contributed by atoms with Gasteiger partial charge in [-0.3, -0.25) is 0 Å². The van der Waals surface area contributed by atoms with Crippen LogP contribution in [0.25, 0.3) is 0 Å². The maximum Gasteiger partial charge on any atom is 0.0514 e. The molecule has 0 saturated carbocycles. The highest BCUT2D eigenvalue weighted by molar-refractivity contribution is 9.10. The number of hydrogen-bond acceptors (Lipinski definition) is 3. The number of nitrogen functional groups attached to an aromatic ring is 1. The molecule has 1 aliphatic heterocycles. The monoisotopic (exact) mass is 284 g/mol. The minimum Gasteiger partial charge on any atom is -0.399 e. The molecule has 1 saturated heterocycles. The SMILES string of the molecule is CC(Nc1ccc(N)cc1Br)C1CCOC1. The number of ether oxygens (including phenoxy) is 1. The van der Waals surface area contributed by atoms with Crippen LogP contribution in [-0.4, -0.2) is 19.3 Å². The van der Waals surface area contributed by atoms with Crippen LogP contribution in [0, 0.1) is 5.92 Å². The van der Waals surface area contributed by atoms with Crippen molar-refractivity contribution < 1.29 is 4.74 Å². The first kappa shape index (κ1) is 11.7. The predicted molar refractivity (Wildman–Crippen MR) is 70.6 cm³/mol. The molecule has 2 atom stereocenters. The molecule has 0 spiro atoms. The van der Waals surface area contributed by atoms with Crippen molar-refractivity contribution in [1.82, 2.24) is 0 Å². The Morgan fingerprint density at radius 2 is 2.38 bits per heavy atom. The van der Waals surface area contributed by atoms with Gasteiger partial charge in [-0.15, -0.1) is 0 Å². The Kier molecular flexibility index (Phi) is 3.71. The fourth-order valence-electron chi connectivity index (χ4n) is 1.96. The zero-order valence-corrected chi connectivity index (χ0v) is 11.0. The zero-order valence-electron chi connectivity index (χ0n) is 9.37. The van der Waals surface area contributed by atoms with Gasteiger partial charge in [0.15, 0.2) is 0 Å². The smallest absolute Gasteiger partial charge is 0.0514 e. The Labute approximate surface area is 104 Å². The van der Waals surface area contributed by atoms with E-state index in [2.05, 4.69) is 28.2 Å². The summed E-state index contributed by atoms with van der Waals surface area (Å²) in [4.78, 5) is 0. The molecule has 0 aromatic heterocycles. The summed E-state index contributed by atoms with van der Waals surface area (Å²) in [6, 6.07) is 6.25. The summed E-state index contributed by atoms with van der Waals surface area (Å²) < 4.78 is 6.41. The molecular formula is C12H17BrN2O. The molecule has 2 unspecified atom stereocenters. The van der Waals surface area contributed by atoms with Gasteiger partial charge in [-0.05, 0) is 47.5 Å². The van der Waals surface area contributed by atoms with E-state index in [1.165, 1.54) is 0 Å². The third-order valence-electron chi connectivity index (χ3n) is 3.05. The van der Waals surface area contributed by atoms with Gasteiger partial charge in [0.05, 0.1) is 6.61 Å². The predicted octanol–water partition coefficient (Wildman–Crippen LogP) is 2.87. The largest absolute Gasteiger partial charge is 0.399 e. The van der Waals surface area contributed by atoms with E-state index in [0.29, 0.717) is 12.0 Å². The van der Waals surface area contributed by atoms with Crippen molar-refractivity contribution in [2.75, 3.05) is 24.3 Å². The van der Waals surface area contributed by atoms with Crippen LogP contribution in [0.15, 0.2) is 22.7 Å². The molecule has 1 aliphatic rings. The average molecular weight is 285 g/mol. The maximum atomic E-state index is 5.70. The van der Waals surface area contributed by atoms with E-state index in [1.807, 2.05) is 18.2 Å². The van der Waals surface area contributed by atoms with Gasteiger partial charge in [-0.1, -0.05) is 0 Å². The molecule has 3 N–H and O–H groups in total. The Balaban J connectivity index is 2.02. The highest BCUT2D eigenvalue weighted by Crippen LogP contribution is 2.27. The van der Waals surface area contributed by atoms with Gasteiger partial charge in [-0.2, -0.15) is 0 Å². The standard InChI is InChI=1S/C12H17BrN2O/c1-8(9-4-5-16-7-9)15-12-3-2-10(14)6-11(12)13/h2-3,6,8-9,15H,4-5,7,14H2,1H3. The summed E-state index contributed by atoms with van der Waals surface area (Å²) in [5.41, 5.74) is 7.57. The maximum absolute atomic E-state index is 5.70. The van der Waals surface area contributed by atoms with E-state index in [1.54, 1.807) is 0 Å². The number of benzene rings is 1. The fraction of sp³-hybridized carbons (Fsp3) is 0.500. The molecule has 1 aromatic rings. The fourth-order valence-corrected chi connectivity index (χ4v) is 2.47. The molecule has 1 fully saturated rings. The molecule has 0 bridgehead atoms. The van der Waals surface area contributed by atoms with Crippen molar-refractivity contribution in [3.8, 4) is 0 Å². The lowest BCUT2D eigenvalue weighted by Crippen LogP contribution is -2.26. The summed E-state index contributed by atoms with van der Waals surface area (Å²) in [6.07, 6.45) is 1.14. The first-order valence-corrected chi connectivity index (χ1v) is 6.35. The highest BCUT2D eigenvalue weighted by atomic mass is 79.9. The highest BCUT2D eigenvalue weighted by Gasteiger charge is 2.22. The first-order valence-electron chi connectivity index (χ1n) is 5.56. The number of anilines is 2. The van der Waals surface area contributed by atoms with Gasteiger partial charge in [0.2, 0.25) is 0 Å². The molecule has 4 heteroatoms. The first-order chi connectivity index (χ1) is 7.66. The van der Waals surface area contributed by atoms with Gasteiger partial charge in [0.1, 0.15) is 0 Å². The van der Waals surface area contributed by atoms with Gasteiger partial charge >= 0.3 is 0 Å². The Hall–Kier alpha value is -0.740. The number of nitrogens with two attached hydrogens (primary N) is 1. The topological polar surface area (TPSA) is 47.3 Å². The molecule has 16 heavy (non-hydrogen) atoms. The second-order valence-electron chi connectivity index (χ2n) is 4.30. The second kappa shape index (κ2) is 5.06. The molecule has 0 amide bonds. The van der Waals surface area contributed by atoms with Crippen molar-refractivity contribution in [2.24, 2.45) is 5.92 Å². The number of nitrogens with one attached hydrogen (secondary N) is 1. The lowest BCUT2D eigenvalue weighted by Gasteiger charge is -2.21. The van der Waals surface area contributed by atoms with Gasteiger partial charge in [0.25, 0.3) is 0 Å². The lowest BCUT2D eigenvalue weighted by molar-refractivity contribution is 0.183. The van der Waals surface area contributed by atoms with Crippen LogP contribution in [0.4, 0.5) is 11.4 Å². The Morgan fingerprint density at radius 3 is 3.00 bits per heavy atom. The summed E-state index contributed by atoms with van der Waals surface area (Å²) in [5, 5.41) is 3.50. The molecule has 1 aromatic carbocycles. The van der Waals surface area contributed by atoms with Crippen LogP contribution in [0.3, 0.4) is 0 Å². The van der Waals surface area contributed by atoms with Crippen LogP contribution < -0.4 is 11.1 Å². The van der Waals surface area contributed by atoms with Crippen LogP contribution in [-0.2, 0) is 4.74 Å². The third-order valence-corrected chi connectivity index (χ3v) is 3.70. The van der Waals surface area contributed by atoms with Crippen LogP contribution in [0.1, 0.15) is 13.3 Å². The Bertz CT molecular complexity index is 364. The van der Waals surface area contributed by atoms with E-state index in [0.717, 1.165) is 35.5 Å². The van der Waals surface area contributed by atoms with Crippen LogP contribution in [0.5, 0.6) is 0 Å². The number of rotatable bonds is 3. The summed E-state index contributed by atoms with van der Waals surface area (Å²) in [5.74, 6) is 0.601. The number of halogens is 1. The van der Waals surface area contributed by atoms with Crippen molar-refractivity contribution in [1.29, 1.82) is 0 Å². The average Bonchev–Trinajstić information content (AvgIpc) is 2.75. The van der Waals surface area contributed by atoms with Crippen molar-refractivity contribution in [2.45, 2.75) is 19.4 Å². The van der Waals surface area contributed by atoms with E-state index in [9.17, 15) is 0 Å². The third kappa shape index (κ3) is 2.68. The molecule has 0 radical (unpaired) electrons. The lowest BCUT2D eigenvalue weighted by atomic mass is 10.0. The van der Waals surface area contributed by atoms with E-state index in [-0.39, 0.29) is 0 Å². The van der Waals surface area contributed by atoms with E-state index < -0.39 is 0 Å². The summed E-state index contributed by atoms with van der Waals surface area (Å²) >= 11 is 3.51. The van der Waals surface area contributed by atoms with E-state index >= 15 is 0 Å². The van der Waals surface area contributed by atoms with Gasteiger partial charge < -0.3 is 15.8 Å². The quantitative estimate of drug-likeness (QED) is 0.839. The van der Waals surface area contributed by atoms with Gasteiger partial charge in [0, 0.05) is 34.4 Å². The van der Waals surface area contributed by atoms with Crippen LogP contribution >= 0.6 is 15.9 Å². The van der Waals surface area contributed by atoms with Gasteiger partial charge in [-0.25, -0.2) is 0 Å². The molecular weight excluding hydrogens is 268 g/mol. The molecule has 1 heterocycles. The Morgan fingerprint density at radius 1 is 1.56 bits per heavy atom. The molecule has 2 rings (SSSR count). The summed E-state index contributed by atoms with van der Waals surface area (Å²) in [7, 11) is 0. The zero-order chi connectivity index (χ0) is 11.5. The second-order valence-corrected chi connectivity index (χ2v) is 5.15. The molecule has 88 valence electrons. The van der Waals surface area contributed by atoms with Crippen LogP contribution in [0.2, 0.25) is 0 Å². The van der Waals surface area contributed by atoms with Crippen molar-refractivity contribution in [3.63, 3.8) is 0 Å². The molecule has 0 aliphatic carbocycles. The number of hydrogen-bond donors (Lipinski definition) is 2. The molecule has 3 nitrogen and oxygen atoms in total. The van der Waals surface area contributed by atoms with Crippen molar-refractivity contribution in [3.05, 3.63) is 22.7 Å². The van der Waals surface area contributed by atoms with E-state index in [4.69, 9.17) is 10.5 Å². The van der Waals surface area contributed by atoms with Crippen molar-refractivity contribution >= 4 is 27.3 Å². The summed E-state index contributed by atoms with van der Waals surface area (Å²) in [6.45, 7) is 3.95. The minimum atomic E-state index is 0.419. The minimum absolute atomic E-state index is 0.419.